The van der Waals surface area contributed by atoms with Gasteiger partial charge in [-0.1, -0.05) is 36.4 Å². The molecule has 0 aromatic heterocycles. The van der Waals surface area contributed by atoms with Crippen LogP contribution in [0.25, 0.3) is 10.8 Å². The number of guanidine groups is 1. The largest absolute Gasteiger partial charge is 0.370 e. The van der Waals surface area contributed by atoms with Crippen LogP contribution in [-0.2, 0) is 9.59 Å². The van der Waals surface area contributed by atoms with Crippen LogP contribution in [0.3, 0.4) is 0 Å². The van der Waals surface area contributed by atoms with E-state index in [-0.39, 0.29) is 35.6 Å². The minimum absolute atomic E-state index is 0.0260. The van der Waals surface area contributed by atoms with Crippen LogP contribution < -0.4 is 22.1 Å². The second-order valence-electron chi connectivity index (χ2n) is 10.4. The summed E-state index contributed by atoms with van der Waals surface area (Å²) in [5, 5.41) is 8.18. The highest BCUT2D eigenvalue weighted by Crippen LogP contribution is 2.22. The molecule has 1 heterocycles. The number of nitrogens with two attached hydrogens (primary N) is 2. The highest BCUT2D eigenvalue weighted by atomic mass is 19.1. The van der Waals surface area contributed by atoms with Crippen molar-refractivity contribution in [1.82, 2.24) is 15.5 Å². The van der Waals surface area contributed by atoms with Gasteiger partial charge < -0.3 is 27.0 Å². The van der Waals surface area contributed by atoms with E-state index >= 15 is 0 Å². The Hall–Kier alpha value is -4.47. The lowest BCUT2D eigenvalue weighted by molar-refractivity contribution is -0.132. The van der Waals surface area contributed by atoms with E-state index in [1.54, 1.807) is 4.90 Å². The van der Waals surface area contributed by atoms with E-state index in [9.17, 15) is 18.8 Å². The van der Waals surface area contributed by atoms with Crippen molar-refractivity contribution in [1.29, 1.82) is 0 Å². The average molecular weight is 561 g/mol. The van der Waals surface area contributed by atoms with Crippen LogP contribution in [0.2, 0.25) is 0 Å². The van der Waals surface area contributed by atoms with Crippen molar-refractivity contribution < 1.29 is 18.8 Å². The monoisotopic (exact) mass is 560 g/mol. The third-order valence-electron chi connectivity index (χ3n) is 7.45. The lowest BCUT2D eigenvalue weighted by Gasteiger charge is -2.32. The number of nitrogens with zero attached hydrogens (tertiary/aromatic N) is 2. The molecule has 0 spiro atoms. The third kappa shape index (κ3) is 8.03. The predicted molar refractivity (Wildman–Crippen MR) is 157 cm³/mol. The number of hydrogen-bond acceptors (Lipinski definition) is 4. The normalized spacial score (nSPS) is 15.1. The van der Waals surface area contributed by atoms with Crippen LogP contribution in [0.4, 0.5) is 4.39 Å². The van der Waals surface area contributed by atoms with E-state index in [1.807, 2.05) is 49.4 Å². The Kier molecular flexibility index (Phi) is 9.89. The van der Waals surface area contributed by atoms with Crippen molar-refractivity contribution in [3.63, 3.8) is 0 Å². The summed E-state index contributed by atoms with van der Waals surface area (Å²) >= 11 is 0. The molecule has 2 atom stereocenters. The predicted octanol–water partition coefficient (Wildman–Crippen LogP) is 3.25. The molecule has 1 aliphatic heterocycles. The molecule has 0 aliphatic carbocycles. The van der Waals surface area contributed by atoms with Gasteiger partial charge in [-0.25, -0.2) is 4.39 Å². The maximum Gasteiger partial charge on any atom is 0.253 e. The number of amides is 3. The Balaban J connectivity index is 1.36. The minimum atomic E-state index is -0.765. The number of piperidine rings is 1. The number of halogens is 1. The molecular weight excluding hydrogens is 523 g/mol. The molecule has 6 N–H and O–H groups in total. The smallest absolute Gasteiger partial charge is 0.253 e. The van der Waals surface area contributed by atoms with Crippen LogP contribution in [0.15, 0.2) is 71.7 Å². The van der Waals surface area contributed by atoms with Gasteiger partial charge in [0, 0.05) is 31.1 Å². The Labute approximate surface area is 239 Å². The van der Waals surface area contributed by atoms with Gasteiger partial charge in [0.2, 0.25) is 11.8 Å². The number of carbonyl (C=O) groups is 3. The summed E-state index contributed by atoms with van der Waals surface area (Å²) in [6.45, 7) is 3.05. The summed E-state index contributed by atoms with van der Waals surface area (Å²) in [6, 6.07) is 18.5. The fourth-order valence-electron chi connectivity index (χ4n) is 5.06. The molecule has 0 bridgehead atoms. The number of aliphatic imine (C=N–C) groups is 1. The van der Waals surface area contributed by atoms with Gasteiger partial charge in [-0.15, -0.1) is 0 Å². The minimum Gasteiger partial charge on any atom is -0.370 e. The van der Waals surface area contributed by atoms with Gasteiger partial charge in [0.15, 0.2) is 5.96 Å². The number of carbonyl (C=O) groups excluding carboxylic acids is 3. The summed E-state index contributed by atoms with van der Waals surface area (Å²) in [5.74, 6) is -1.46. The molecule has 0 unspecified atom stereocenters. The first-order chi connectivity index (χ1) is 19.7. The first-order valence-electron chi connectivity index (χ1n) is 13.9. The van der Waals surface area contributed by atoms with Crippen LogP contribution >= 0.6 is 0 Å². The molecule has 3 aromatic carbocycles. The third-order valence-corrected chi connectivity index (χ3v) is 7.45. The lowest BCUT2D eigenvalue weighted by atomic mass is 9.94. The van der Waals surface area contributed by atoms with Gasteiger partial charge in [0.1, 0.15) is 11.9 Å². The Morgan fingerprint density at radius 2 is 1.66 bits per heavy atom. The summed E-state index contributed by atoms with van der Waals surface area (Å²) in [5.41, 5.74) is 12.2. The van der Waals surface area contributed by atoms with Crippen LogP contribution in [-0.4, -0.2) is 54.3 Å². The van der Waals surface area contributed by atoms with Crippen molar-refractivity contribution in [2.45, 2.75) is 44.7 Å². The Bertz CT molecular complexity index is 1400. The zero-order chi connectivity index (χ0) is 29.4. The van der Waals surface area contributed by atoms with E-state index in [0.29, 0.717) is 50.9 Å². The maximum absolute atomic E-state index is 13.4. The van der Waals surface area contributed by atoms with Crippen molar-refractivity contribution >= 4 is 34.5 Å². The highest BCUT2D eigenvalue weighted by Gasteiger charge is 2.31. The van der Waals surface area contributed by atoms with Gasteiger partial charge in [-0.2, -0.15) is 0 Å². The second kappa shape index (κ2) is 13.7. The van der Waals surface area contributed by atoms with Crippen LogP contribution in [0.1, 0.15) is 54.6 Å². The highest BCUT2D eigenvalue weighted by molar-refractivity contribution is 5.94. The number of hydrogen-bond donors (Lipinski definition) is 4. The number of benzene rings is 3. The topological polar surface area (TPSA) is 143 Å². The molecule has 1 aliphatic rings. The molecule has 216 valence electrons. The van der Waals surface area contributed by atoms with Crippen molar-refractivity contribution in [2.75, 3.05) is 19.6 Å². The van der Waals surface area contributed by atoms with Gasteiger partial charge in [-0.3, -0.25) is 19.4 Å². The van der Waals surface area contributed by atoms with E-state index in [1.165, 1.54) is 24.3 Å². The van der Waals surface area contributed by atoms with E-state index in [4.69, 9.17) is 11.5 Å². The number of nitrogens with one attached hydrogen (secondary N) is 2. The fraction of sp³-hybridized carbons (Fsp3) is 0.355. The first-order valence-corrected chi connectivity index (χ1v) is 13.9. The number of likely N-dealkylation sites (tertiary alicyclic amines) is 1. The Morgan fingerprint density at radius 3 is 2.34 bits per heavy atom. The Morgan fingerprint density at radius 1 is 0.976 bits per heavy atom. The molecule has 9 nitrogen and oxygen atoms in total. The molecule has 10 heteroatoms. The molecule has 3 amide bonds. The van der Waals surface area contributed by atoms with Gasteiger partial charge in [0.25, 0.3) is 5.91 Å². The fourth-order valence-corrected chi connectivity index (χ4v) is 5.06. The summed E-state index contributed by atoms with van der Waals surface area (Å²) < 4.78 is 13.2. The molecule has 3 aromatic rings. The van der Waals surface area contributed by atoms with Crippen LogP contribution in [0, 0.1) is 11.7 Å². The molecule has 0 radical (unpaired) electrons. The quantitative estimate of drug-likeness (QED) is 0.171. The zero-order valence-corrected chi connectivity index (χ0v) is 23.2. The molecular formula is C31H37FN6O3. The molecule has 0 saturated carbocycles. The first kappa shape index (κ1) is 29.5. The maximum atomic E-state index is 13.4. The molecule has 4 rings (SSSR count). The number of rotatable bonds is 10. The van der Waals surface area contributed by atoms with Crippen molar-refractivity contribution in [3.05, 3.63) is 83.7 Å². The summed E-state index contributed by atoms with van der Waals surface area (Å²) in [7, 11) is 0. The van der Waals surface area contributed by atoms with E-state index in [2.05, 4.69) is 15.6 Å². The molecule has 1 saturated heterocycles. The zero-order valence-electron chi connectivity index (χ0n) is 23.2. The second-order valence-corrected chi connectivity index (χ2v) is 10.4. The summed E-state index contributed by atoms with van der Waals surface area (Å²) in [4.78, 5) is 45.0. The number of fused-ring (bicyclic) bond motifs is 1. The van der Waals surface area contributed by atoms with Gasteiger partial charge in [-0.05, 0) is 79.3 Å². The van der Waals surface area contributed by atoms with Crippen LogP contribution in [0.5, 0.6) is 0 Å². The molecule has 41 heavy (non-hydrogen) atoms. The van der Waals surface area contributed by atoms with Gasteiger partial charge >= 0.3 is 0 Å². The van der Waals surface area contributed by atoms with E-state index in [0.717, 1.165) is 16.3 Å². The van der Waals surface area contributed by atoms with Crippen molar-refractivity contribution in [2.24, 2.45) is 22.4 Å². The average Bonchev–Trinajstić information content (AvgIpc) is 2.98. The van der Waals surface area contributed by atoms with Crippen molar-refractivity contribution in [3.8, 4) is 0 Å². The van der Waals surface area contributed by atoms with Gasteiger partial charge in [0.05, 0.1) is 6.04 Å². The van der Waals surface area contributed by atoms with E-state index < -0.39 is 11.9 Å². The molecule has 1 fully saturated rings. The lowest BCUT2D eigenvalue weighted by Crippen LogP contribution is -2.50. The standard InChI is InChI=1S/C31H37FN6O3/c1-20(24-9-8-21-5-2-3-6-25(21)19-24)36-29(40)27(7-4-16-35-31(33)34)37-28(39)22-14-17-38(18-15-22)30(41)23-10-12-26(32)13-11-23/h2-3,5-6,8-13,19-20,22,27H,4,7,14-18H2,1H3,(H,36,40)(H,37,39)(H4,33,34,35)/t20-,27+/m1/s1. The SMILES string of the molecule is C[C@@H](NC(=O)[C@H](CCCN=C(N)N)NC(=O)C1CCN(C(=O)c2ccc(F)cc2)CC1)c1ccc2ccccc2c1. The summed E-state index contributed by atoms with van der Waals surface area (Å²) in [6.07, 6.45) is 1.80.